The summed E-state index contributed by atoms with van der Waals surface area (Å²) in [4.78, 5) is 26.6. The van der Waals surface area contributed by atoms with Crippen molar-refractivity contribution in [1.29, 1.82) is 0 Å². The van der Waals surface area contributed by atoms with Gasteiger partial charge in [0.1, 0.15) is 0 Å². The minimum atomic E-state index is -0.347. The second-order valence-electron chi connectivity index (χ2n) is 5.10. The van der Waals surface area contributed by atoms with Crippen molar-refractivity contribution in [2.75, 3.05) is 6.61 Å². The number of carbonyl (C=O) groups excluding carboxylic acids is 1. The fourth-order valence-electron chi connectivity index (χ4n) is 2.06. The molecule has 0 bridgehead atoms. The van der Waals surface area contributed by atoms with Crippen LogP contribution in [0, 0.1) is 5.92 Å². The molecule has 1 amide bonds. The number of aliphatic hydroxyl groups excluding tert-OH is 1. The third-order valence-electron chi connectivity index (χ3n) is 3.31. The molecule has 1 aromatic carbocycles. The number of nitrogens with one attached hydrogen (secondary N) is 2. The van der Waals surface area contributed by atoms with Gasteiger partial charge in [0.05, 0.1) is 18.2 Å². The number of fused-ring (bicyclic) bond motifs is 1. The standard InChI is InChI=1S/C15H18N2O3/c1-9(2)13(8-18)17-15(20)11-7-14(19)16-12-6-4-3-5-10(11)12/h3-7,9,13,18H,8H2,1-2H3,(H,16,19)(H,17,20). The number of rotatable bonds is 4. The molecule has 1 heterocycles. The minimum absolute atomic E-state index is 0.109. The van der Waals surface area contributed by atoms with Crippen LogP contribution >= 0.6 is 0 Å². The smallest absolute Gasteiger partial charge is 0.252 e. The number of para-hydroxylation sites is 1. The molecule has 1 atom stereocenters. The highest BCUT2D eigenvalue weighted by atomic mass is 16.3. The van der Waals surface area contributed by atoms with Crippen LogP contribution in [0.5, 0.6) is 0 Å². The second-order valence-corrected chi connectivity index (χ2v) is 5.10. The third-order valence-corrected chi connectivity index (χ3v) is 3.31. The fourth-order valence-corrected chi connectivity index (χ4v) is 2.06. The summed E-state index contributed by atoms with van der Waals surface area (Å²) in [5, 5.41) is 12.7. The number of aromatic amines is 1. The summed E-state index contributed by atoms with van der Waals surface area (Å²) in [6.07, 6.45) is 0. The quantitative estimate of drug-likeness (QED) is 0.785. The molecule has 3 N–H and O–H groups in total. The molecular weight excluding hydrogens is 256 g/mol. The van der Waals surface area contributed by atoms with Gasteiger partial charge >= 0.3 is 0 Å². The first-order valence-electron chi connectivity index (χ1n) is 6.56. The molecule has 0 aliphatic rings. The van der Waals surface area contributed by atoms with E-state index >= 15 is 0 Å². The van der Waals surface area contributed by atoms with Gasteiger partial charge in [0.2, 0.25) is 5.56 Å². The van der Waals surface area contributed by atoms with Crippen molar-refractivity contribution < 1.29 is 9.90 Å². The van der Waals surface area contributed by atoms with Gasteiger partial charge in [-0.2, -0.15) is 0 Å². The van der Waals surface area contributed by atoms with E-state index in [2.05, 4.69) is 10.3 Å². The first-order chi connectivity index (χ1) is 9.52. The van der Waals surface area contributed by atoms with Crippen molar-refractivity contribution in [3.05, 3.63) is 46.2 Å². The minimum Gasteiger partial charge on any atom is -0.394 e. The van der Waals surface area contributed by atoms with Gasteiger partial charge in [-0.25, -0.2) is 0 Å². The Labute approximate surface area is 116 Å². The summed E-state index contributed by atoms with van der Waals surface area (Å²) in [7, 11) is 0. The van der Waals surface area contributed by atoms with E-state index in [-0.39, 0.29) is 30.0 Å². The van der Waals surface area contributed by atoms with E-state index in [1.807, 2.05) is 19.9 Å². The Balaban J connectivity index is 2.42. The number of pyridine rings is 1. The van der Waals surface area contributed by atoms with Gasteiger partial charge < -0.3 is 15.4 Å². The number of hydrogen-bond acceptors (Lipinski definition) is 3. The maximum Gasteiger partial charge on any atom is 0.252 e. The molecule has 20 heavy (non-hydrogen) atoms. The van der Waals surface area contributed by atoms with E-state index in [0.29, 0.717) is 16.5 Å². The Bertz CT molecular complexity index is 676. The van der Waals surface area contributed by atoms with Crippen LogP contribution in [0.3, 0.4) is 0 Å². The van der Waals surface area contributed by atoms with Gasteiger partial charge in [-0.3, -0.25) is 9.59 Å². The van der Waals surface area contributed by atoms with Crippen molar-refractivity contribution in [2.24, 2.45) is 5.92 Å². The van der Waals surface area contributed by atoms with Crippen LogP contribution in [0.4, 0.5) is 0 Å². The maximum absolute atomic E-state index is 12.3. The third kappa shape index (κ3) is 2.88. The number of carbonyl (C=O) groups is 1. The number of benzene rings is 1. The Morgan fingerprint density at radius 2 is 2.05 bits per heavy atom. The first-order valence-corrected chi connectivity index (χ1v) is 6.56. The average Bonchev–Trinajstić information content (AvgIpc) is 2.43. The summed E-state index contributed by atoms with van der Waals surface area (Å²) < 4.78 is 0. The second kappa shape index (κ2) is 5.88. The molecule has 1 unspecified atom stereocenters. The summed E-state index contributed by atoms with van der Waals surface area (Å²) in [6, 6.07) is 8.09. The van der Waals surface area contributed by atoms with Crippen LogP contribution in [-0.4, -0.2) is 28.6 Å². The van der Waals surface area contributed by atoms with Gasteiger partial charge in [0.25, 0.3) is 5.91 Å². The van der Waals surface area contributed by atoms with Gasteiger partial charge in [-0.15, -0.1) is 0 Å². The van der Waals surface area contributed by atoms with Crippen molar-refractivity contribution in [3.63, 3.8) is 0 Å². The zero-order valence-corrected chi connectivity index (χ0v) is 11.5. The summed E-state index contributed by atoms with van der Waals surface area (Å²) >= 11 is 0. The van der Waals surface area contributed by atoms with Crippen molar-refractivity contribution in [3.8, 4) is 0 Å². The molecule has 0 aliphatic carbocycles. The van der Waals surface area contributed by atoms with Gasteiger partial charge in [-0.05, 0) is 12.0 Å². The Morgan fingerprint density at radius 1 is 1.35 bits per heavy atom. The molecule has 0 spiro atoms. The van der Waals surface area contributed by atoms with Crippen LogP contribution in [0.1, 0.15) is 24.2 Å². The molecule has 0 aliphatic heterocycles. The molecule has 2 aromatic rings. The van der Waals surface area contributed by atoms with E-state index in [1.54, 1.807) is 18.2 Å². The molecule has 0 saturated heterocycles. The zero-order valence-electron chi connectivity index (χ0n) is 11.5. The number of aromatic nitrogens is 1. The van der Waals surface area contributed by atoms with Crippen LogP contribution in [0.2, 0.25) is 0 Å². The molecular formula is C15H18N2O3. The van der Waals surface area contributed by atoms with Crippen LogP contribution in [0.25, 0.3) is 10.9 Å². The highest BCUT2D eigenvalue weighted by Crippen LogP contribution is 2.15. The largest absolute Gasteiger partial charge is 0.394 e. The summed E-state index contributed by atoms with van der Waals surface area (Å²) in [6.45, 7) is 3.69. The highest BCUT2D eigenvalue weighted by Gasteiger charge is 2.18. The van der Waals surface area contributed by atoms with E-state index in [0.717, 1.165) is 0 Å². The van der Waals surface area contributed by atoms with E-state index < -0.39 is 0 Å². The zero-order chi connectivity index (χ0) is 14.7. The topological polar surface area (TPSA) is 82.2 Å². The molecule has 0 radical (unpaired) electrons. The van der Waals surface area contributed by atoms with Crippen LogP contribution < -0.4 is 10.9 Å². The van der Waals surface area contributed by atoms with Crippen LogP contribution in [0.15, 0.2) is 35.1 Å². The van der Waals surface area contributed by atoms with E-state index in [1.165, 1.54) is 6.07 Å². The number of aliphatic hydroxyl groups is 1. The number of amides is 1. The first kappa shape index (κ1) is 14.3. The average molecular weight is 274 g/mol. The normalized spacial score (nSPS) is 12.6. The van der Waals surface area contributed by atoms with Gasteiger partial charge in [0, 0.05) is 17.0 Å². The van der Waals surface area contributed by atoms with Crippen LogP contribution in [-0.2, 0) is 0 Å². The van der Waals surface area contributed by atoms with Crippen molar-refractivity contribution in [1.82, 2.24) is 10.3 Å². The fraction of sp³-hybridized carbons (Fsp3) is 0.333. The summed E-state index contributed by atoms with van der Waals surface area (Å²) in [5.74, 6) is -0.239. The summed E-state index contributed by atoms with van der Waals surface area (Å²) in [5.41, 5.74) is 0.623. The van der Waals surface area contributed by atoms with Crippen molar-refractivity contribution >= 4 is 16.8 Å². The predicted octanol–water partition coefficient (Wildman–Crippen LogP) is 1.27. The van der Waals surface area contributed by atoms with E-state index in [9.17, 15) is 14.7 Å². The molecule has 2 rings (SSSR count). The van der Waals surface area contributed by atoms with Gasteiger partial charge in [0.15, 0.2) is 0 Å². The lowest BCUT2D eigenvalue weighted by Crippen LogP contribution is -2.41. The highest BCUT2D eigenvalue weighted by molar-refractivity contribution is 6.06. The van der Waals surface area contributed by atoms with E-state index in [4.69, 9.17) is 0 Å². The Morgan fingerprint density at radius 3 is 2.70 bits per heavy atom. The molecule has 5 heteroatoms. The Hall–Kier alpha value is -2.14. The molecule has 5 nitrogen and oxygen atoms in total. The lowest BCUT2D eigenvalue weighted by molar-refractivity contribution is 0.0898. The predicted molar refractivity (Wildman–Crippen MR) is 77.7 cm³/mol. The lowest BCUT2D eigenvalue weighted by Gasteiger charge is -2.20. The Kier molecular flexibility index (Phi) is 4.20. The lowest BCUT2D eigenvalue weighted by atomic mass is 10.0. The molecule has 1 aromatic heterocycles. The molecule has 0 saturated carbocycles. The molecule has 0 fully saturated rings. The monoisotopic (exact) mass is 274 g/mol. The van der Waals surface area contributed by atoms with Crippen molar-refractivity contribution in [2.45, 2.75) is 19.9 Å². The number of hydrogen-bond donors (Lipinski definition) is 3. The SMILES string of the molecule is CC(C)C(CO)NC(=O)c1cc(=O)[nH]c2ccccc12. The number of H-pyrrole nitrogens is 1. The molecule has 106 valence electrons. The van der Waals surface area contributed by atoms with Gasteiger partial charge in [-0.1, -0.05) is 32.0 Å². The maximum atomic E-state index is 12.3.